The molecule has 0 radical (unpaired) electrons. The number of rotatable bonds is 5. The summed E-state index contributed by atoms with van der Waals surface area (Å²) in [6.45, 7) is 10.4. The van der Waals surface area contributed by atoms with E-state index < -0.39 is 0 Å². The molecule has 2 aliphatic rings. The van der Waals surface area contributed by atoms with Gasteiger partial charge >= 0.3 is 0 Å². The number of hydrogen-bond acceptors (Lipinski definition) is 4. The first kappa shape index (κ1) is 18.3. The summed E-state index contributed by atoms with van der Waals surface area (Å²) in [6, 6.07) is 5.80. The average molecular weight is 364 g/mol. The molecule has 0 bridgehead atoms. The van der Waals surface area contributed by atoms with Crippen LogP contribution in [0, 0.1) is 11.8 Å². The van der Waals surface area contributed by atoms with Crippen LogP contribution in [0.15, 0.2) is 18.2 Å². The monoisotopic (exact) mass is 363 g/mol. The van der Waals surface area contributed by atoms with Crippen LogP contribution in [0.2, 0.25) is 0 Å². The molecule has 1 saturated heterocycles. The molecule has 138 valence electrons. The van der Waals surface area contributed by atoms with E-state index in [2.05, 4.69) is 29.4 Å². The number of thiocarbonyl (C=S) groups is 1. The quantitative estimate of drug-likeness (QED) is 0.619. The Morgan fingerprint density at radius 3 is 2.64 bits per heavy atom. The Morgan fingerprint density at radius 1 is 1.16 bits per heavy atom. The molecule has 2 N–H and O–H groups in total. The van der Waals surface area contributed by atoms with E-state index in [1.807, 2.05) is 18.2 Å². The van der Waals surface area contributed by atoms with E-state index in [4.69, 9.17) is 21.7 Å². The summed E-state index contributed by atoms with van der Waals surface area (Å²) in [5.74, 6) is 3.19. The molecular formula is C19H29N3O2S. The van der Waals surface area contributed by atoms with Gasteiger partial charge in [-0.15, -0.1) is 0 Å². The van der Waals surface area contributed by atoms with Gasteiger partial charge in [0.15, 0.2) is 16.6 Å². The van der Waals surface area contributed by atoms with Crippen molar-refractivity contribution in [1.82, 2.24) is 10.2 Å². The first-order valence-electron chi connectivity index (χ1n) is 9.27. The van der Waals surface area contributed by atoms with Gasteiger partial charge in [-0.05, 0) is 55.6 Å². The lowest BCUT2D eigenvalue weighted by Crippen LogP contribution is -2.40. The summed E-state index contributed by atoms with van der Waals surface area (Å²) >= 11 is 5.39. The molecule has 0 saturated carbocycles. The number of anilines is 1. The number of likely N-dealkylation sites (tertiary alicyclic amines) is 1. The highest BCUT2D eigenvalue weighted by molar-refractivity contribution is 7.80. The summed E-state index contributed by atoms with van der Waals surface area (Å²) < 4.78 is 11.1. The smallest absolute Gasteiger partial charge is 0.170 e. The van der Waals surface area contributed by atoms with Gasteiger partial charge in [-0.1, -0.05) is 13.8 Å². The lowest BCUT2D eigenvalue weighted by atomic mass is 9.92. The maximum absolute atomic E-state index is 5.59. The average Bonchev–Trinajstić information content (AvgIpc) is 2.58. The molecule has 1 fully saturated rings. The molecule has 2 heterocycles. The van der Waals surface area contributed by atoms with Crippen LogP contribution < -0.4 is 20.1 Å². The van der Waals surface area contributed by atoms with E-state index in [0.717, 1.165) is 48.5 Å². The van der Waals surface area contributed by atoms with E-state index >= 15 is 0 Å². The van der Waals surface area contributed by atoms with E-state index in [-0.39, 0.29) is 0 Å². The van der Waals surface area contributed by atoms with Crippen LogP contribution in [0.1, 0.15) is 26.7 Å². The molecule has 2 aliphatic heterocycles. The molecule has 25 heavy (non-hydrogen) atoms. The van der Waals surface area contributed by atoms with Crippen molar-refractivity contribution in [3.05, 3.63) is 18.2 Å². The first-order chi connectivity index (χ1) is 12.1. The van der Waals surface area contributed by atoms with Gasteiger partial charge in [-0.3, -0.25) is 0 Å². The van der Waals surface area contributed by atoms with E-state index in [1.165, 1.54) is 19.5 Å². The second-order valence-electron chi connectivity index (χ2n) is 7.30. The normalized spacial score (nSPS) is 23.1. The lowest BCUT2D eigenvalue weighted by molar-refractivity contribution is 0.140. The van der Waals surface area contributed by atoms with E-state index in [1.54, 1.807) is 0 Å². The van der Waals surface area contributed by atoms with Crippen LogP contribution in [0.4, 0.5) is 5.69 Å². The van der Waals surface area contributed by atoms with Crippen molar-refractivity contribution in [2.75, 3.05) is 44.7 Å². The number of fused-ring (bicyclic) bond motifs is 1. The second kappa shape index (κ2) is 8.72. The Hall–Kier alpha value is -1.53. The minimum Gasteiger partial charge on any atom is -0.486 e. The molecule has 0 unspecified atom stereocenters. The van der Waals surface area contributed by atoms with E-state index in [9.17, 15) is 0 Å². The zero-order chi connectivity index (χ0) is 17.6. The molecule has 0 spiro atoms. The van der Waals surface area contributed by atoms with Gasteiger partial charge < -0.3 is 25.0 Å². The highest BCUT2D eigenvalue weighted by Crippen LogP contribution is 2.32. The van der Waals surface area contributed by atoms with Crippen molar-refractivity contribution in [3.63, 3.8) is 0 Å². The second-order valence-corrected chi connectivity index (χ2v) is 7.71. The van der Waals surface area contributed by atoms with Gasteiger partial charge in [-0.2, -0.15) is 0 Å². The van der Waals surface area contributed by atoms with Crippen molar-refractivity contribution in [1.29, 1.82) is 0 Å². The van der Waals surface area contributed by atoms with E-state index in [0.29, 0.717) is 18.3 Å². The Balaban J connectivity index is 1.37. The third-order valence-electron chi connectivity index (χ3n) is 4.68. The highest BCUT2D eigenvalue weighted by atomic mass is 32.1. The summed E-state index contributed by atoms with van der Waals surface area (Å²) in [6.07, 6.45) is 2.46. The molecular weight excluding hydrogens is 334 g/mol. The van der Waals surface area contributed by atoms with Gasteiger partial charge in [0.2, 0.25) is 0 Å². The molecule has 1 aromatic carbocycles. The predicted octanol–water partition coefficient (Wildman–Crippen LogP) is 3.11. The van der Waals surface area contributed by atoms with Crippen molar-refractivity contribution in [2.24, 2.45) is 11.8 Å². The highest BCUT2D eigenvalue weighted by Gasteiger charge is 2.21. The zero-order valence-corrected chi connectivity index (χ0v) is 16.0. The maximum Gasteiger partial charge on any atom is 0.170 e. The van der Waals surface area contributed by atoms with Gasteiger partial charge in [0.1, 0.15) is 13.2 Å². The van der Waals surface area contributed by atoms with Crippen LogP contribution in [-0.4, -0.2) is 49.4 Å². The number of nitrogens with zero attached hydrogens (tertiary/aromatic N) is 1. The molecule has 0 amide bonds. The largest absolute Gasteiger partial charge is 0.486 e. The maximum atomic E-state index is 5.59. The Labute approximate surface area is 156 Å². The van der Waals surface area contributed by atoms with Gasteiger partial charge in [0.25, 0.3) is 0 Å². The lowest BCUT2D eigenvalue weighted by Gasteiger charge is -2.35. The minimum atomic E-state index is 0.590. The molecule has 0 aromatic heterocycles. The van der Waals surface area contributed by atoms with Crippen molar-refractivity contribution >= 4 is 23.0 Å². The number of nitrogens with one attached hydrogen (secondary N) is 2. The fourth-order valence-corrected chi connectivity index (χ4v) is 4.00. The summed E-state index contributed by atoms with van der Waals surface area (Å²) in [7, 11) is 0. The number of hydrogen-bond donors (Lipinski definition) is 2. The number of piperidine rings is 1. The third kappa shape index (κ3) is 5.47. The van der Waals surface area contributed by atoms with Crippen LogP contribution in [0.3, 0.4) is 0 Å². The SMILES string of the molecule is C[C@@H]1C[C@H](C)CN(CCCNC(=S)Nc2ccc3c(c2)OCCO3)C1. The molecule has 6 heteroatoms. The molecule has 1 aromatic rings. The van der Waals surface area contributed by atoms with Crippen LogP contribution in [0.25, 0.3) is 0 Å². The molecule has 3 rings (SSSR count). The van der Waals surface area contributed by atoms with Crippen LogP contribution in [0.5, 0.6) is 11.5 Å². The third-order valence-corrected chi connectivity index (χ3v) is 4.93. The predicted molar refractivity (Wildman–Crippen MR) is 106 cm³/mol. The Kier molecular flexibility index (Phi) is 6.37. The standard InChI is InChI=1S/C19H29N3O2S/c1-14-10-15(2)13-22(12-14)7-3-6-20-19(25)21-16-4-5-17-18(11-16)24-9-8-23-17/h4-5,11,14-15H,3,6-10,12-13H2,1-2H3,(H2,20,21,25)/t14-,15+. The van der Waals surface area contributed by atoms with Gasteiger partial charge in [-0.25, -0.2) is 0 Å². The number of ether oxygens (including phenoxy) is 2. The topological polar surface area (TPSA) is 45.8 Å². The summed E-state index contributed by atoms with van der Waals surface area (Å²) in [5.41, 5.74) is 0.917. The van der Waals surface area contributed by atoms with Gasteiger partial charge in [0, 0.05) is 31.4 Å². The molecule has 2 atom stereocenters. The molecule has 0 aliphatic carbocycles. The zero-order valence-electron chi connectivity index (χ0n) is 15.2. The Morgan fingerprint density at radius 2 is 1.88 bits per heavy atom. The summed E-state index contributed by atoms with van der Waals surface area (Å²) in [5, 5.41) is 7.16. The minimum absolute atomic E-state index is 0.590. The van der Waals surface area contributed by atoms with Crippen molar-refractivity contribution in [2.45, 2.75) is 26.7 Å². The van der Waals surface area contributed by atoms with Crippen molar-refractivity contribution in [3.8, 4) is 11.5 Å². The van der Waals surface area contributed by atoms with Crippen molar-refractivity contribution < 1.29 is 9.47 Å². The van der Waals surface area contributed by atoms with Crippen LogP contribution in [-0.2, 0) is 0 Å². The fourth-order valence-electron chi connectivity index (χ4n) is 3.78. The Bertz CT molecular complexity index is 586. The number of benzene rings is 1. The first-order valence-corrected chi connectivity index (χ1v) is 9.68. The molecule has 5 nitrogen and oxygen atoms in total. The fraction of sp³-hybridized carbons (Fsp3) is 0.632. The van der Waals surface area contributed by atoms with Crippen LogP contribution >= 0.6 is 12.2 Å². The summed E-state index contributed by atoms with van der Waals surface area (Å²) in [4.78, 5) is 2.58. The van der Waals surface area contributed by atoms with Gasteiger partial charge in [0.05, 0.1) is 0 Å².